The summed E-state index contributed by atoms with van der Waals surface area (Å²) >= 11 is 6.01. The van der Waals surface area contributed by atoms with Gasteiger partial charge in [-0.15, -0.1) is 0 Å². The Labute approximate surface area is 133 Å². The molecule has 1 heterocycles. The first kappa shape index (κ1) is 17.4. The SMILES string of the molecule is COc1cc([C@H](CCC(F)(F)F)N2CCNCC2)ccc1Cl. The third-order valence-corrected chi connectivity index (χ3v) is 4.17. The van der Waals surface area contributed by atoms with Gasteiger partial charge in [0.25, 0.3) is 0 Å². The molecule has 0 bridgehead atoms. The molecule has 3 nitrogen and oxygen atoms in total. The minimum Gasteiger partial charge on any atom is -0.495 e. The second-order valence-electron chi connectivity index (χ2n) is 5.35. The monoisotopic (exact) mass is 336 g/mol. The quantitative estimate of drug-likeness (QED) is 0.888. The second-order valence-corrected chi connectivity index (χ2v) is 5.76. The van der Waals surface area contributed by atoms with Gasteiger partial charge in [-0.05, 0) is 24.1 Å². The van der Waals surface area contributed by atoms with Crippen LogP contribution in [-0.4, -0.2) is 44.4 Å². The van der Waals surface area contributed by atoms with Crippen molar-refractivity contribution in [1.82, 2.24) is 10.2 Å². The maximum atomic E-state index is 12.6. The van der Waals surface area contributed by atoms with Gasteiger partial charge in [-0.3, -0.25) is 4.90 Å². The zero-order valence-electron chi connectivity index (χ0n) is 12.4. The Bertz CT molecular complexity index is 490. The summed E-state index contributed by atoms with van der Waals surface area (Å²) in [5.41, 5.74) is 0.812. The Balaban J connectivity index is 2.22. The molecule has 0 radical (unpaired) electrons. The second kappa shape index (κ2) is 7.53. The van der Waals surface area contributed by atoms with Crippen molar-refractivity contribution in [3.63, 3.8) is 0 Å². The Morgan fingerprint density at radius 1 is 1.32 bits per heavy atom. The van der Waals surface area contributed by atoms with Crippen LogP contribution in [0.25, 0.3) is 0 Å². The number of hydrogen-bond donors (Lipinski definition) is 1. The van der Waals surface area contributed by atoms with Crippen LogP contribution in [0.3, 0.4) is 0 Å². The van der Waals surface area contributed by atoms with Gasteiger partial charge in [0.05, 0.1) is 12.1 Å². The molecule has 7 heteroatoms. The highest BCUT2D eigenvalue weighted by atomic mass is 35.5. The molecular weight excluding hydrogens is 317 g/mol. The van der Waals surface area contributed by atoms with E-state index in [9.17, 15) is 13.2 Å². The third-order valence-electron chi connectivity index (χ3n) is 3.85. The lowest BCUT2D eigenvalue weighted by atomic mass is 9.99. The van der Waals surface area contributed by atoms with Gasteiger partial charge >= 0.3 is 6.18 Å². The molecule has 22 heavy (non-hydrogen) atoms. The highest BCUT2D eigenvalue weighted by molar-refractivity contribution is 6.32. The van der Waals surface area contributed by atoms with Gasteiger partial charge in [0.1, 0.15) is 5.75 Å². The molecule has 2 rings (SSSR count). The van der Waals surface area contributed by atoms with E-state index in [0.29, 0.717) is 10.8 Å². The largest absolute Gasteiger partial charge is 0.495 e. The summed E-state index contributed by atoms with van der Waals surface area (Å²) in [4.78, 5) is 2.09. The number of ether oxygens (including phenoxy) is 1. The van der Waals surface area contributed by atoms with Crippen molar-refractivity contribution in [2.75, 3.05) is 33.3 Å². The normalized spacial score (nSPS) is 18.2. The van der Waals surface area contributed by atoms with E-state index in [1.165, 1.54) is 7.11 Å². The molecule has 0 aliphatic carbocycles. The van der Waals surface area contributed by atoms with Crippen molar-refractivity contribution in [3.8, 4) is 5.75 Å². The highest BCUT2D eigenvalue weighted by Gasteiger charge is 2.31. The van der Waals surface area contributed by atoms with E-state index in [4.69, 9.17) is 16.3 Å². The van der Waals surface area contributed by atoms with Crippen molar-refractivity contribution < 1.29 is 17.9 Å². The number of alkyl halides is 3. The Morgan fingerprint density at radius 3 is 2.59 bits per heavy atom. The van der Waals surface area contributed by atoms with Crippen molar-refractivity contribution in [3.05, 3.63) is 28.8 Å². The number of nitrogens with zero attached hydrogens (tertiary/aromatic N) is 1. The Kier molecular flexibility index (Phi) is 5.94. The molecular formula is C15H20ClF3N2O. The average Bonchev–Trinajstić information content (AvgIpc) is 2.49. The first-order valence-corrected chi connectivity index (χ1v) is 7.63. The Morgan fingerprint density at radius 2 is 2.00 bits per heavy atom. The van der Waals surface area contributed by atoms with Gasteiger partial charge in [-0.1, -0.05) is 17.7 Å². The summed E-state index contributed by atoms with van der Waals surface area (Å²) in [6, 6.07) is 4.92. The van der Waals surface area contributed by atoms with Gasteiger partial charge in [0, 0.05) is 38.6 Å². The first-order chi connectivity index (χ1) is 10.4. The van der Waals surface area contributed by atoms with E-state index in [1.54, 1.807) is 18.2 Å². The van der Waals surface area contributed by atoms with Crippen molar-refractivity contribution in [2.45, 2.75) is 25.1 Å². The average molecular weight is 337 g/mol. The van der Waals surface area contributed by atoms with Crippen LogP contribution in [0.1, 0.15) is 24.4 Å². The van der Waals surface area contributed by atoms with Crippen LogP contribution in [0.2, 0.25) is 5.02 Å². The van der Waals surface area contributed by atoms with E-state index in [-0.39, 0.29) is 12.5 Å². The van der Waals surface area contributed by atoms with Crippen molar-refractivity contribution in [2.24, 2.45) is 0 Å². The fourth-order valence-corrected chi connectivity index (χ4v) is 2.93. The molecule has 1 fully saturated rings. The van der Waals surface area contributed by atoms with Crippen LogP contribution in [0.4, 0.5) is 13.2 Å². The molecule has 0 aromatic heterocycles. The molecule has 0 amide bonds. The number of benzene rings is 1. The standard InChI is InChI=1S/C15H20ClF3N2O/c1-22-14-10-11(2-3-12(14)16)13(4-5-15(17,18)19)21-8-6-20-7-9-21/h2-3,10,13,20H,4-9H2,1H3/t13-/m0/s1. The molecule has 1 aliphatic heterocycles. The van der Waals surface area contributed by atoms with Crippen molar-refractivity contribution in [1.29, 1.82) is 0 Å². The third kappa shape index (κ3) is 4.76. The van der Waals surface area contributed by atoms with Gasteiger partial charge in [-0.25, -0.2) is 0 Å². The molecule has 0 saturated carbocycles. The summed E-state index contributed by atoms with van der Waals surface area (Å²) in [6.45, 7) is 3.03. The number of nitrogens with one attached hydrogen (secondary N) is 1. The number of rotatable bonds is 5. The first-order valence-electron chi connectivity index (χ1n) is 7.25. The van der Waals surface area contributed by atoms with Gasteiger partial charge in [0.15, 0.2) is 0 Å². The Hall–Kier alpha value is -0.980. The van der Waals surface area contributed by atoms with Crippen molar-refractivity contribution >= 4 is 11.6 Å². The van der Waals surface area contributed by atoms with E-state index in [0.717, 1.165) is 31.7 Å². The maximum Gasteiger partial charge on any atom is 0.389 e. The zero-order valence-corrected chi connectivity index (χ0v) is 13.2. The van der Waals surface area contributed by atoms with Crippen LogP contribution in [-0.2, 0) is 0 Å². The lowest BCUT2D eigenvalue weighted by Crippen LogP contribution is -2.45. The minimum atomic E-state index is -4.15. The predicted octanol–water partition coefficient (Wildman–Crippen LogP) is 3.64. The maximum absolute atomic E-state index is 12.6. The van der Waals surface area contributed by atoms with Crippen LogP contribution in [0.15, 0.2) is 18.2 Å². The molecule has 0 unspecified atom stereocenters. The summed E-state index contributed by atoms with van der Waals surface area (Å²) < 4.78 is 43.1. The predicted molar refractivity (Wildman–Crippen MR) is 80.5 cm³/mol. The molecule has 1 saturated heterocycles. The summed E-state index contributed by atoms with van der Waals surface area (Å²) in [5.74, 6) is 0.492. The van der Waals surface area contributed by atoms with Gasteiger partial charge in [-0.2, -0.15) is 13.2 Å². The summed E-state index contributed by atoms with van der Waals surface area (Å²) in [5, 5.41) is 3.67. The highest BCUT2D eigenvalue weighted by Crippen LogP contribution is 2.35. The minimum absolute atomic E-state index is 0.0360. The molecule has 1 atom stereocenters. The van der Waals surface area contributed by atoms with Crippen LogP contribution >= 0.6 is 11.6 Å². The molecule has 1 N–H and O–H groups in total. The molecule has 0 spiro atoms. The number of methoxy groups -OCH3 is 1. The van der Waals surface area contributed by atoms with Gasteiger partial charge < -0.3 is 10.1 Å². The number of hydrogen-bond acceptors (Lipinski definition) is 3. The van der Waals surface area contributed by atoms with Gasteiger partial charge in [0.2, 0.25) is 0 Å². The van der Waals surface area contributed by atoms with E-state index in [1.807, 2.05) is 0 Å². The fraction of sp³-hybridized carbons (Fsp3) is 0.600. The van der Waals surface area contributed by atoms with E-state index in [2.05, 4.69) is 10.2 Å². The zero-order chi connectivity index (χ0) is 16.2. The molecule has 124 valence electrons. The van der Waals surface area contributed by atoms with E-state index < -0.39 is 12.6 Å². The molecule has 1 aliphatic rings. The smallest absolute Gasteiger partial charge is 0.389 e. The van der Waals surface area contributed by atoms with Crippen LogP contribution in [0.5, 0.6) is 5.75 Å². The summed E-state index contributed by atoms with van der Waals surface area (Å²) in [7, 11) is 1.50. The molecule has 1 aromatic carbocycles. The number of halogens is 4. The fourth-order valence-electron chi connectivity index (χ4n) is 2.74. The summed E-state index contributed by atoms with van der Waals surface area (Å²) in [6.07, 6.45) is -4.91. The molecule has 1 aromatic rings. The van der Waals surface area contributed by atoms with Crippen LogP contribution < -0.4 is 10.1 Å². The lowest BCUT2D eigenvalue weighted by Gasteiger charge is -2.35. The van der Waals surface area contributed by atoms with E-state index >= 15 is 0 Å². The lowest BCUT2D eigenvalue weighted by molar-refractivity contribution is -0.138. The number of piperazine rings is 1. The topological polar surface area (TPSA) is 24.5 Å². The van der Waals surface area contributed by atoms with Crippen LogP contribution in [0, 0.1) is 0 Å².